The molecule has 2 aromatic rings. The van der Waals surface area contributed by atoms with Crippen LogP contribution in [-0.4, -0.2) is 0 Å². The van der Waals surface area contributed by atoms with Crippen molar-refractivity contribution in [3.05, 3.63) is 69.4 Å². The van der Waals surface area contributed by atoms with Crippen LogP contribution in [-0.2, 0) is 0 Å². The first-order chi connectivity index (χ1) is 8.50. The van der Waals surface area contributed by atoms with Crippen molar-refractivity contribution >= 4 is 27.5 Å². The molecule has 0 N–H and O–H groups in total. The summed E-state index contributed by atoms with van der Waals surface area (Å²) in [6, 6.07) is 8.05. The molecule has 5 heteroatoms. The van der Waals surface area contributed by atoms with E-state index in [4.69, 9.17) is 11.6 Å². The molecule has 0 aliphatic carbocycles. The number of hydrogen-bond acceptors (Lipinski definition) is 0. The van der Waals surface area contributed by atoms with Gasteiger partial charge in [-0.25, -0.2) is 13.2 Å². The molecule has 0 aliphatic heterocycles. The predicted molar refractivity (Wildman–Crippen MR) is 68.2 cm³/mol. The van der Waals surface area contributed by atoms with Gasteiger partial charge in [-0.15, -0.1) is 11.6 Å². The van der Waals surface area contributed by atoms with Gasteiger partial charge >= 0.3 is 0 Å². The number of alkyl halides is 1. The maximum absolute atomic E-state index is 13.6. The minimum atomic E-state index is -1.03. The molecule has 0 saturated carbocycles. The number of benzene rings is 2. The van der Waals surface area contributed by atoms with E-state index in [-0.39, 0.29) is 5.56 Å². The predicted octanol–water partition coefficient (Wildman–Crippen LogP) is 5.19. The monoisotopic (exact) mass is 334 g/mol. The molecule has 0 bridgehead atoms. The fourth-order valence-electron chi connectivity index (χ4n) is 1.63. The molecule has 0 radical (unpaired) electrons. The highest BCUT2D eigenvalue weighted by Gasteiger charge is 2.22. The highest BCUT2D eigenvalue weighted by Crippen LogP contribution is 2.36. The molecule has 2 aromatic carbocycles. The lowest BCUT2D eigenvalue weighted by atomic mass is 10.0. The smallest absolute Gasteiger partial charge is 0.134 e. The van der Waals surface area contributed by atoms with E-state index in [1.54, 1.807) is 24.3 Å². The van der Waals surface area contributed by atoms with Crippen molar-refractivity contribution < 1.29 is 13.2 Å². The highest BCUT2D eigenvalue weighted by atomic mass is 79.9. The summed E-state index contributed by atoms with van der Waals surface area (Å²) in [5.74, 6) is -2.96. The second-order valence-electron chi connectivity index (χ2n) is 3.67. The number of halogens is 5. The fraction of sp³-hybridized carbons (Fsp3) is 0.0769. The second kappa shape index (κ2) is 5.33. The van der Waals surface area contributed by atoms with Gasteiger partial charge in [0.15, 0.2) is 0 Å². The van der Waals surface area contributed by atoms with Crippen LogP contribution in [0.1, 0.15) is 16.5 Å². The molecule has 0 fully saturated rings. The zero-order chi connectivity index (χ0) is 13.3. The third kappa shape index (κ3) is 2.54. The van der Waals surface area contributed by atoms with E-state index in [9.17, 15) is 13.2 Å². The Labute approximate surface area is 116 Å². The Balaban J connectivity index is 2.53. The lowest BCUT2D eigenvalue weighted by molar-refractivity contribution is 0.526. The molecule has 0 spiro atoms. The summed E-state index contributed by atoms with van der Waals surface area (Å²) in [5, 5.41) is -1.03. The fourth-order valence-corrected chi connectivity index (χ4v) is 2.68. The standard InChI is InChI=1S/C13H7BrClF3/c14-9-4-2-1-3-8(9)13(15)12-10(17)5-7(16)6-11(12)18/h1-6,13H. The van der Waals surface area contributed by atoms with Crippen molar-refractivity contribution in [2.75, 3.05) is 0 Å². The van der Waals surface area contributed by atoms with E-state index in [1.807, 2.05) is 0 Å². The van der Waals surface area contributed by atoms with Gasteiger partial charge in [0.2, 0.25) is 0 Å². The normalized spacial score (nSPS) is 12.5. The van der Waals surface area contributed by atoms with Crippen LogP contribution in [0.2, 0.25) is 0 Å². The Kier molecular flexibility index (Phi) is 3.97. The van der Waals surface area contributed by atoms with Crippen LogP contribution in [0.25, 0.3) is 0 Å². The zero-order valence-corrected chi connectivity index (χ0v) is 11.3. The summed E-state index contributed by atoms with van der Waals surface area (Å²) in [6.45, 7) is 0. The van der Waals surface area contributed by atoms with Gasteiger partial charge in [-0.2, -0.15) is 0 Å². The third-order valence-electron chi connectivity index (χ3n) is 2.48. The number of rotatable bonds is 2. The lowest BCUT2D eigenvalue weighted by Gasteiger charge is -2.14. The molecule has 0 aliphatic rings. The Morgan fingerprint density at radius 1 is 1.00 bits per heavy atom. The first-order valence-electron chi connectivity index (χ1n) is 5.03. The molecule has 0 amide bonds. The zero-order valence-electron chi connectivity index (χ0n) is 8.93. The second-order valence-corrected chi connectivity index (χ2v) is 4.96. The molecule has 0 nitrogen and oxygen atoms in total. The summed E-state index contributed by atoms with van der Waals surface area (Å²) in [7, 11) is 0. The topological polar surface area (TPSA) is 0 Å². The summed E-state index contributed by atoms with van der Waals surface area (Å²) in [6.07, 6.45) is 0. The first kappa shape index (κ1) is 13.4. The van der Waals surface area contributed by atoms with Gasteiger partial charge in [0.05, 0.1) is 5.38 Å². The highest BCUT2D eigenvalue weighted by molar-refractivity contribution is 9.10. The van der Waals surface area contributed by atoms with E-state index in [0.717, 1.165) is 0 Å². The molecule has 1 atom stereocenters. The van der Waals surface area contributed by atoms with Crippen molar-refractivity contribution in [3.8, 4) is 0 Å². The number of hydrogen-bond donors (Lipinski definition) is 0. The van der Waals surface area contributed by atoms with Crippen molar-refractivity contribution in [2.45, 2.75) is 5.38 Å². The van der Waals surface area contributed by atoms with E-state index >= 15 is 0 Å². The van der Waals surface area contributed by atoms with Crippen LogP contribution < -0.4 is 0 Å². The molecule has 0 aromatic heterocycles. The Bertz CT molecular complexity index is 563. The lowest BCUT2D eigenvalue weighted by Crippen LogP contribution is -2.02. The largest absolute Gasteiger partial charge is 0.207 e. The first-order valence-corrected chi connectivity index (χ1v) is 6.26. The van der Waals surface area contributed by atoms with Crippen molar-refractivity contribution in [1.82, 2.24) is 0 Å². The Hall–Kier alpha value is -1.000. The van der Waals surface area contributed by atoms with Crippen LogP contribution in [0.15, 0.2) is 40.9 Å². The maximum Gasteiger partial charge on any atom is 0.134 e. The van der Waals surface area contributed by atoms with E-state index in [0.29, 0.717) is 22.2 Å². The van der Waals surface area contributed by atoms with E-state index in [2.05, 4.69) is 15.9 Å². The average molecular weight is 336 g/mol. The summed E-state index contributed by atoms with van der Waals surface area (Å²) >= 11 is 9.32. The van der Waals surface area contributed by atoms with Crippen molar-refractivity contribution in [3.63, 3.8) is 0 Å². The van der Waals surface area contributed by atoms with Gasteiger partial charge in [-0.3, -0.25) is 0 Å². The Morgan fingerprint density at radius 2 is 1.56 bits per heavy atom. The quantitative estimate of drug-likeness (QED) is 0.662. The minimum absolute atomic E-state index is 0.357. The van der Waals surface area contributed by atoms with Gasteiger partial charge in [0, 0.05) is 22.2 Å². The van der Waals surface area contributed by atoms with Crippen LogP contribution in [0.5, 0.6) is 0 Å². The van der Waals surface area contributed by atoms with Crippen LogP contribution in [0.3, 0.4) is 0 Å². The summed E-state index contributed by atoms with van der Waals surface area (Å²) in [5.41, 5.74) is 0.161. The van der Waals surface area contributed by atoms with Crippen LogP contribution >= 0.6 is 27.5 Å². The Morgan fingerprint density at radius 3 is 2.11 bits per heavy atom. The summed E-state index contributed by atoms with van der Waals surface area (Å²) in [4.78, 5) is 0. The van der Waals surface area contributed by atoms with Gasteiger partial charge in [-0.05, 0) is 11.6 Å². The average Bonchev–Trinajstić information content (AvgIpc) is 2.27. The molecule has 0 heterocycles. The van der Waals surface area contributed by atoms with Crippen molar-refractivity contribution in [1.29, 1.82) is 0 Å². The molecular formula is C13H7BrClF3. The van der Waals surface area contributed by atoms with Gasteiger partial charge in [-0.1, -0.05) is 34.1 Å². The molecule has 18 heavy (non-hydrogen) atoms. The molecule has 0 saturated heterocycles. The minimum Gasteiger partial charge on any atom is -0.207 e. The van der Waals surface area contributed by atoms with Gasteiger partial charge in [0.1, 0.15) is 17.5 Å². The molecule has 2 rings (SSSR count). The van der Waals surface area contributed by atoms with Crippen LogP contribution in [0.4, 0.5) is 13.2 Å². The van der Waals surface area contributed by atoms with Gasteiger partial charge in [0.25, 0.3) is 0 Å². The molecule has 1 unspecified atom stereocenters. The SMILES string of the molecule is Fc1cc(F)c(C(Cl)c2ccccc2Br)c(F)c1. The van der Waals surface area contributed by atoms with Gasteiger partial charge < -0.3 is 0 Å². The van der Waals surface area contributed by atoms with E-state index < -0.39 is 22.8 Å². The molecule has 94 valence electrons. The maximum atomic E-state index is 13.6. The van der Waals surface area contributed by atoms with Crippen molar-refractivity contribution in [2.24, 2.45) is 0 Å². The third-order valence-corrected chi connectivity index (χ3v) is 3.65. The van der Waals surface area contributed by atoms with E-state index in [1.165, 1.54) is 0 Å². The van der Waals surface area contributed by atoms with Crippen LogP contribution in [0, 0.1) is 17.5 Å². The summed E-state index contributed by atoms with van der Waals surface area (Å²) < 4.78 is 40.7. The molecular weight excluding hydrogens is 328 g/mol.